The van der Waals surface area contributed by atoms with Crippen LogP contribution in [-0.4, -0.2) is 9.78 Å². The Hall–Kier alpha value is -1.69. The lowest BCUT2D eigenvalue weighted by Gasteiger charge is -2.06. The fourth-order valence-corrected chi connectivity index (χ4v) is 1.87. The zero-order valence-electron chi connectivity index (χ0n) is 10.1. The van der Waals surface area contributed by atoms with E-state index in [9.17, 15) is 18.0 Å². The predicted molar refractivity (Wildman–Crippen MR) is 65.9 cm³/mol. The van der Waals surface area contributed by atoms with E-state index in [1.165, 1.54) is 12.1 Å². The van der Waals surface area contributed by atoms with Crippen LogP contribution in [-0.2, 0) is 6.18 Å². The second-order valence-electron chi connectivity index (χ2n) is 4.18. The fourth-order valence-electron chi connectivity index (χ4n) is 1.70. The van der Waals surface area contributed by atoms with E-state index in [0.29, 0.717) is 5.02 Å². The molecule has 0 radical (unpaired) electrons. The van der Waals surface area contributed by atoms with Crippen LogP contribution in [0.2, 0.25) is 5.02 Å². The molecule has 0 atom stereocenters. The highest BCUT2D eigenvalue weighted by atomic mass is 35.5. The number of hydrogen-bond donors (Lipinski definition) is 1. The number of halogens is 4. The normalized spacial score (nSPS) is 11.9. The Balaban J connectivity index is 2.64. The van der Waals surface area contributed by atoms with Crippen molar-refractivity contribution in [3.63, 3.8) is 0 Å². The number of hydrogen-bond acceptors (Lipinski definition) is 1. The Morgan fingerprint density at radius 2 is 1.89 bits per heavy atom. The van der Waals surface area contributed by atoms with Gasteiger partial charge in [0.05, 0.1) is 5.69 Å². The van der Waals surface area contributed by atoms with Crippen molar-refractivity contribution in [3.8, 4) is 5.69 Å². The first-order valence-electron chi connectivity index (χ1n) is 5.37. The van der Waals surface area contributed by atoms with Crippen LogP contribution in [0.25, 0.3) is 5.69 Å². The Bertz CT molecular complexity index is 685. The first kappa shape index (κ1) is 13.7. The maximum Gasteiger partial charge on any atom is 0.433 e. The quantitative estimate of drug-likeness (QED) is 0.858. The largest absolute Gasteiger partial charge is 0.433 e. The van der Waals surface area contributed by atoms with Crippen LogP contribution < -0.4 is 5.56 Å². The third kappa shape index (κ3) is 2.40. The number of nitrogens with zero attached hydrogens (tertiary/aromatic N) is 1. The molecule has 0 saturated heterocycles. The van der Waals surface area contributed by atoms with Crippen molar-refractivity contribution in [2.75, 3.05) is 0 Å². The van der Waals surface area contributed by atoms with Gasteiger partial charge in [0, 0.05) is 10.6 Å². The minimum absolute atomic E-state index is 0.263. The van der Waals surface area contributed by atoms with Crippen molar-refractivity contribution in [3.05, 3.63) is 50.4 Å². The molecule has 0 bridgehead atoms. The Labute approximate surface area is 111 Å². The first-order chi connectivity index (χ1) is 8.71. The molecule has 0 fully saturated rings. The molecular formula is C12H10ClF3N2O. The molecular weight excluding hydrogens is 281 g/mol. The summed E-state index contributed by atoms with van der Waals surface area (Å²) in [6.45, 7) is 2.89. The molecule has 0 amide bonds. The lowest BCUT2D eigenvalue weighted by Crippen LogP contribution is -2.15. The molecule has 3 nitrogen and oxygen atoms in total. The van der Waals surface area contributed by atoms with Crippen molar-refractivity contribution in [2.24, 2.45) is 0 Å². The number of nitrogens with one attached hydrogen (secondary N) is 1. The Kier molecular flexibility index (Phi) is 3.22. The molecule has 19 heavy (non-hydrogen) atoms. The van der Waals surface area contributed by atoms with Crippen molar-refractivity contribution >= 4 is 11.6 Å². The summed E-state index contributed by atoms with van der Waals surface area (Å²) in [5.41, 5.74) is -1.12. The van der Waals surface area contributed by atoms with Gasteiger partial charge < -0.3 is 0 Å². The predicted octanol–water partition coefficient (Wildman–Crippen LogP) is 3.45. The lowest BCUT2D eigenvalue weighted by atomic mass is 10.2. The van der Waals surface area contributed by atoms with Gasteiger partial charge in [-0.2, -0.15) is 13.2 Å². The number of H-pyrrole nitrogens is 1. The van der Waals surface area contributed by atoms with Gasteiger partial charge in [-0.3, -0.25) is 9.89 Å². The fraction of sp³-hybridized carbons (Fsp3) is 0.250. The minimum atomic E-state index is -4.59. The first-order valence-corrected chi connectivity index (χ1v) is 5.75. The zero-order chi connectivity index (χ0) is 14.4. The summed E-state index contributed by atoms with van der Waals surface area (Å²) in [5.74, 6) is 0. The molecule has 1 heterocycles. The van der Waals surface area contributed by atoms with E-state index in [-0.39, 0.29) is 11.3 Å². The van der Waals surface area contributed by atoms with Crippen LogP contribution in [0.4, 0.5) is 13.2 Å². The highest BCUT2D eigenvalue weighted by Gasteiger charge is 2.36. The maximum atomic E-state index is 12.7. The molecule has 0 spiro atoms. The standard InChI is InChI=1S/C12H10ClF3N2O/c1-6-3-4-8(5-9(6)13)18-11(19)7(2)10(17-18)12(14,15)16/h3-5,17H,1-2H3. The molecule has 0 aliphatic rings. The van der Waals surface area contributed by atoms with Crippen LogP contribution in [0, 0.1) is 13.8 Å². The third-order valence-corrected chi connectivity index (χ3v) is 3.23. The Morgan fingerprint density at radius 1 is 1.26 bits per heavy atom. The van der Waals surface area contributed by atoms with Gasteiger partial charge in [-0.05, 0) is 31.5 Å². The van der Waals surface area contributed by atoms with E-state index in [4.69, 9.17) is 11.6 Å². The van der Waals surface area contributed by atoms with Gasteiger partial charge in [0.2, 0.25) is 0 Å². The van der Waals surface area contributed by atoms with Crippen LogP contribution in [0.3, 0.4) is 0 Å². The molecule has 1 aromatic carbocycles. The highest BCUT2D eigenvalue weighted by molar-refractivity contribution is 6.31. The monoisotopic (exact) mass is 290 g/mol. The second-order valence-corrected chi connectivity index (χ2v) is 4.59. The van der Waals surface area contributed by atoms with Gasteiger partial charge in [0.1, 0.15) is 5.69 Å². The average Bonchev–Trinajstić information content (AvgIpc) is 2.60. The number of aromatic amines is 1. The highest BCUT2D eigenvalue weighted by Crippen LogP contribution is 2.29. The van der Waals surface area contributed by atoms with Crippen molar-refractivity contribution in [1.82, 2.24) is 9.78 Å². The number of aromatic nitrogens is 2. The minimum Gasteiger partial charge on any atom is -0.286 e. The van der Waals surface area contributed by atoms with Gasteiger partial charge in [0.25, 0.3) is 5.56 Å². The Morgan fingerprint density at radius 3 is 2.37 bits per heavy atom. The van der Waals surface area contributed by atoms with E-state index >= 15 is 0 Å². The zero-order valence-corrected chi connectivity index (χ0v) is 10.9. The van der Waals surface area contributed by atoms with Crippen LogP contribution in [0.1, 0.15) is 16.8 Å². The van der Waals surface area contributed by atoms with Crippen molar-refractivity contribution < 1.29 is 13.2 Å². The van der Waals surface area contributed by atoms with Gasteiger partial charge in [0.15, 0.2) is 0 Å². The van der Waals surface area contributed by atoms with Crippen molar-refractivity contribution in [1.29, 1.82) is 0 Å². The molecule has 2 aromatic rings. The summed E-state index contributed by atoms with van der Waals surface area (Å²) >= 11 is 5.90. The van der Waals surface area contributed by atoms with E-state index in [1.54, 1.807) is 13.0 Å². The average molecular weight is 291 g/mol. The van der Waals surface area contributed by atoms with Crippen molar-refractivity contribution in [2.45, 2.75) is 20.0 Å². The van der Waals surface area contributed by atoms with E-state index in [2.05, 4.69) is 5.10 Å². The second kappa shape index (κ2) is 4.45. The molecule has 102 valence electrons. The summed E-state index contributed by atoms with van der Waals surface area (Å²) in [7, 11) is 0. The molecule has 7 heteroatoms. The molecule has 0 aliphatic carbocycles. The SMILES string of the molecule is Cc1ccc(-n2[nH]c(C(F)(F)F)c(C)c2=O)cc1Cl. The number of benzene rings is 1. The van der Waals surface area contributed by atoms with Crippen LogP contribution in [0.15, 0.2) is 23.0 Å². The van der Waals surface area contributed by atoms with E-state index in [0.717, 1.165) is 17.2 Å². The number of aryl methyl sites for hydroxylation is 1. The van der Waals surface area contributed by atoms with Gasteiger partial charge in [-0.25, -0.2) is 4.68 Å². The van der Waals surface area contributed by atoms with Crippen LogP contribution in [0.5, 0.6) is 0 Å². The molecule has 0 unspecified atom stereocenters. The van der Waals surface area contributed by atoms with Gasteiger partial charge in [-0.1, -0.05) is 17.7 Å². The maximum absolute atomic E-state index is 12.7. The molecule has 0 saturated carbocycles. The summed E-state index contributed by atoms with van der Waals surface area (Å²) < 4.78 is 38.9. The molecule has 1 N–H and O–H groups in total. The summed E-state index contributed by atoms with van der Waals surface area (Å²) in [6.07, 6.45) is -4.59. The number of alkyl halides is 3. The van der Waals surface area contributed by atoms with Gasteiger partial charge in [-0.15, -0.1) is 0 Å². The smallest absolute Gasteiger partial charge is 0.286 e. The summed E-state index contributed by atoms with van der Waals surface area (Å²) in [4.78, 5) is 11.8. The van der Waals surface area contributed by atoms with Gasteiger partial charge >= 0.3 is 6.18 Å². The van der Waals surface area contributed by atoms with Crippen LogP contribution >= 0.6 is 11.6 Å². The molecule has 2 rings (SSSR count). The van der Waals surface area contributed by atoms with E-state index < -0.39 is 17.4 Å². The third-order valence-electron chi connectivity index (χ3n) is 2.82. The number of rotatable bonds is 1. The molecule has 1 aromatic heterocycles. The summed E-state index contributed by atoms with van der Waals surface area (Å²) in [6, 6.07) is 4.60. The molecule has 0 aliphatic heterocycles. The van der Waals surface area contributed by atoms with E-state index in [1.807, 2.05) is 0 Å². The summed E-state index contributed by atoms with van der Waals surface area (Å²) in [5, 5.41) is 2.45. The lowest BCUT2D eigenvalue weighted by molar-refractivity contribution is -0.141. The topological polar surface area (TPSA) is 37.8 Å².